The van der Waals surface area contributed by atoms with Crippen LogP contribution in [0.4, 0.5) is 5.69 Å². The van der Waals surface area contributed by atoms with Gasteiger partial charge in [0.05, 0.1) is 20.1 Å². The molecule has 0 spiro atoms. The highest BCUT2D eigenvalue weighted by molar-refractivity contribution is 5.99. The van der Waals surface area contributed by atoms with E-state index in [1.807, 2.05) is 30.5 Å². The average Bonchev–Trinajstić information content (AvgIpc) is 3.26. The zero-order valence-corrected chi connectivity index (χ0v) is 17.1. The minimum atomic E-state index is -0.268. The largest absolute Gasteiger partial charge is 0.497 e. The Morgan fingerprint density at radius 2 is 1.83 bits per heavy atom. The van der Waals surface area contributed by atoms with Crippen molar-refractivity contribution in [3.63, 3.8) is 0 Å². The van der Waals surface area contributed by atoms with Crippen molar-refractivity contribution in [3.05, 3.63) is 54.2 Å². The fourth-order valence-corrected chi connectivity index (χ4v) is 3.87. The van der Waals surface area contributed by atoms with Crippen LogP contribution in [0.3, 0.4) is 0 Å². The van der Waals surface area contributed by atoms with E-state index >= 15 is 0 Å². The number of benzene rings is 2. The van der Waals surface area contributed by atoms with Crippen molar-refractivity contribution in [1.29, 1.82) is 0 Å². The molecule has 30 heavy (non-hydrogen) atoms. The van der Waals surface area contributed by atoms with Gasteiger partial charge < -0.3 is 24.7 Å². The molecule has 1 atom stereocenters. The number of ether oxygens (including phenoxy) is 2. The number of H-pyrrole nitrogens is 1. The number of methoxy groups -OCH3 is 2. The van der Waals surface area contributed by atoms with Crippen molar-refractivity contribution in [3.8, 4) is 11.5 Å². The normalized spacial score (nSPS) is 16.3. The number of nitrogens with zero attached hydrogens (tertiary/aromatic N) is 1. The third kappa shape index (κ3) is 4.10. The number of aromatic amines is 1. The van der Waals surface area contributed by atoms with Gasteiger partial charge in [0.15, 0.2) is 0 Å². The number of nitrogens with one attached hydrogen (secondary N) is 2. The molecule has 4 rings (SSSR count). The Kier molecular flexibility index (Phi) is 5.61. The molecule has 156 valence electrons. The Bertz CT molecular complexity index is 1050. The second-order valence-electron chi connectivity index (χ2n) is 7.46. The lowest BCUT2D eigenvalue weighted by molar-refractivity contribution is -0.121. The SMILES string of the molecule is COc1cc(NC(=O)[C@H]2CCCN(C(=O)c3ccc4[nH]ccc4c3)C2)cc(OC)c1. The summed E-state index contributed by atoms with van der Waals surface area (Å²) in [7, 11) is 3.13. The first-order valence-electron chi connectivity index (χ1n) is 9.97. The maximum absolute atomic E-state index is 13.0. The van der Waals surface area contributed by atoms with E-state index in [0.717, 1.165) is 23.7 Å². The molecule has 0 unspecified atom stereocenters. The predicted molar refractivity (Wildman–Crippen MR) is 115 cm³/mol. The van der Waals surface area contributed by atoms with Gasteiger partial charge in [0, 0.05) is 59.6 Å². The second-order valence-corrected chi connectivity index (χ2v) is 7.46. The van der Waals surface area contributed by atoms with E-state index in [1.54, 1.807) is 37.3 Å². The molecule has 3 aromatic rings. The molecule has 7 nitrogen and oxygen atoms in total. The van der Waals surface area contributed by atoms with Crippen LogP contribution in [0, 0.1) is 5.92 Å². The fraction of sp³-hybridized carbons (Fsp3) is 0.304. The van der Waals surface area contributed by atoms with Crippen molar-refractivity contribution >= 4 is 28.4 Å². The smallest absolute Gasteiger partial charge is 0.253 e. The summed E-state index contributed by atoms with van der Waals surface area (Å²) in [6.45, 7) is 1.05. The van der Waals surface area contributed by atoms with E-state index in [2.05, 4.69) is 10.3 Å². The summed E-state index contributed by atoms with van der Waals surface area (Å²) in [4.78, 5) is 30.8. The lowest BCUT2D eigenvalue weighted by Crippen LogP contribution is -2.43. The molecule has 0 saturated carbocycles. The number of hydrogen-bond donors (Lipinski definition) is 2. The van der Waals surface area contributed by atoms with Crippen LogP contribution in [0.1, 0.15) is 23.2 Å². The molecule has 0 aliphatic carbocycles. The van der Waals surface area contributed by atoms with Gasteiger partial charge >= 0.3 is 0 Å². The number of rotatable bonds is 5. The van der Waals surface area contributed by atoms with E-state index < -0.39 is 0 Å². The van der Waals surface area contributed by atoms with Crippen molar-refractivity contribution in [1.82, 2.24) is 9.88 Å². The first-order valence-corrected chi connectivity index (χ1v) is 9.97. The van der Waals surface area contributed by atoms with Gasteiger partial charge in [-0.15, -0.1) is 0 Å². The van der Waals surface area contributed by atoms with Gasteiger partial charge in [0.1, 0.15) is 11.5 Å². The second kappa shape index (κ2) is 8.49. The summed E-state index contributed by atoms with van der Waals surface area (Å²) in [5, 5.41) is 3.94. The molecule has 2 aromatic carbocycles. The molecule has 1 aromatic heterocycles. The summed E-state index contributed by atoms with van der Waals surface area (Å²) in [6.07, 6.45) is 3.39. The van der Waals surface area contributed by atoms with Crippen LogP contribution in [-0.2, 0) is 4.79 Å². The first-order chi connectivity index (χ1) is 14.6. The molecule has 0 bridgehead atoms. The van der Waals surface area contributed by atoms with Gasteiger partial charge in [-0.2, -0.15) is 0 Å². The van der Waals surface area contributed by atoms with Crippen LogP contribution in [0.5, 0.6) is 11.5 Å². The van der Waals surface area contributed by atoms with Gasteiger partial charge in [0.25, 0.3) is 5.91 Å². The van der Waals surface area contributed by atoms with Crippen LogP contribution >= 0.6 is 0 Å². The summed E-state index contributed by atoms with van der Waals surface area (Å²) >= 11 is 0. The Labute approximate surface area is 175 Å². The van der Waals surface area contributed by atoms with Crippen LogP contribution in [0.25, 0.3) is 10.9 Å². The molecular formula is C23H25N3O4. The van der Waals surface area contributed by atoms with E-state index in [9.17, 15) is 9.59 Å². The molecule has 1 aliphatic heterocycles. The number of hydrogen-bond acceptors (Lipinski definition) is 4. The van der Waals surface area contributed by atoms with Crippen molar-refractivity contribution in [2.75, 3.05) is 32.6 Å². The van der Waals surface area contributed by atoms with Crippen molar-refractivity contribution < 1.29 is 19.1 Å². The Balaban J connectivity index is 1.45. The zero-order chi connectivity index (χ0) is 21.1. The highest BCUT2D eigenvalue weighted by atomic mass is 16.5. The summed E-state index contributed by atoms with van der Waals surface area (Å²) in [5.74, 6) is 0.786. The van der Waals surface area contributed by atoms with Gasteiger partial charge in [0.2, 0.25) is 5.91 Å². The van der Waals surface area contributed by atoms with Crippen LogP contribution in [-0.4, -0.2) is 49.0 Å². The molecule has 1 saturated heterocycles. The van der Waals surface area contributed by atoms with Crippen LogP contribution in [0.15, 0.2) is 48.7 Å². The zero-order valence-electron chi connectivity index (χ0n) is 17.1. The summed E-state index contributed by atoms with van der Waals surface area (Å²) < 4.78 is 10.5. The quantitative estimate of drug-likeness (QED) is 0.676. The molecule has 2 heterocycles. The molecule has 2 amide bonds. The monoisotopic (exact) mass is 407 g/mol. The minimum Gasteiger partial charge on any atom is -0.497 e. The average molecular weight is 407 g/mol. The van der Waals surface area contributed by atoms with Crippen molar-refractivity contribution in [2.45, 2.75) is 12.8 Å². The lowest BCUT2D eigenvalue weighted by Gasteiger charge is -2.32. The molecule has 1 fully saturated rings. The molecule has 7 heteroatoms. The molecular weight excluding hydrogens is 382 g/mol. The van der Waals surface area contributed by atoms with E-state index in [-0.39, 0.29) is 17.7 Å². The number of anilines is 1. The Hall–Kier alpha value is -3.48. The number of fused-ring (bicyclic) bond motifs is 1. The van der Waals surface area contributed by atoms with Gasteiger partial charge in [-0.1, -0.05) is 0 Å². The Morgan fingerprint density at radius 3 is 2.57 bits per heavy atom. The number of amides is 2. The molecule has 0 radical (unpaired) electrons. The highest BCUT2D eigenvalue weighted by Crippen LogP contribution is 2.27. The molecule has 2 N–H and O–H groups in total. The minimum absolute atomic E-state index is 0.0429. The third-order valence-corrected chi connectivity index (χ3v) is 5.50. The topological polar surface area (TPSA) is 83.7 Å². The van der Waals surface area contributed by atoms with Crippen LogP contribution in [0.2, 0.25) is 0 Å². The maximum Gasteiger partial charge on any atom is 0.253 e. The number of piperidine rings is 1. The lowest BCUT2D eigenvalue weighted by atomic mass is 9.96. The van der Waals surface area contributed by atoms with Gasteiger partial charge in [-0.3, -0.25) is 9.59 Å². The maximum atomic E-state index is 13.0. The van der Waals surface area contributed by atoms with E-state index in [4.69, 9.17) is 9.47 Å². The Morgan fingerprint density at radius 1 is 1.07 bits per heavy atom. The number of carbonyl (C=O) groups excluding carboxylic acids is 2. The van der Waals surface area contributed by atoms with Crippen molar-refractivity contribution in [2.24, 2.45) is 5.92 Å². The van der Waals surface area contributed by atoms with E-state index in [1.165, 1.54) is 0 Å². The summed E-state index contributed by atoms with van der Waals surface area (Å²) in [5.41, 5.74) is 2.24. The molecule has 1 aliphatic rings. The number of likely N-dealkylation sites (tertiary alicyclic amines) is 1. The highest BCUT2D eigenvalue weighted by Gasteiger charge is 2.29. The van der Waals surface area contributed by atoms with Gasteiger partial charge in [-0.05, 0) is 37.1 Å². The summed E-state index contributed by atoms with van der Waals surface area (Å²) in [6, 6.07) is 12.8. The van der Waals surface area contributed by atoms with Gasteiger partial charge in [-0.25, -0.2) is 0 Å². The number of carbonyl (C=O) groups is 2. The number of aromatic nitrogens is 1. The standard InChI is InChI=1S/C23H25N3O4/c1-29-19-11-18(12-20(13-19)30-2)25-22(27)17-4-3-9-26(14-17)23(28)16-5-6-21-15(10-16)7-8-24-21/h5-8,10-13,17,24H,3-4,9,14H2,1-2H3,(H,25,27)/t17-/m0/s1. The van der Waals surface area contributed by atoms with E-state index in [0.29, 0.717) is 35.8 Å². The fourth-order valence-electron chi connectivity index (χ4n) is 3.87. The predicted octanol–water partition coefficient (Wildman–Crippen LogP) is 3.68. The first kappa shape index (κ1) is 19.8. The van der Waals surface area contributed by atoms with Crippen LogP contribution < -0.4 is 14.8 Å². The third-order valence-electron chi connectivity index (χ3n) is 5.50.